The fraction of sp³-hybridized carbons (Fsp3) is 0.360. The average Bonchev–Trinajstić information content (AvgIpc) is 3.28. The SMILES string of the molecule is CCN(CC)C1CCN(c2c(C#N)c(NCc3ccc(Cl)cc3)nc3ccccc23)C1. The van der Waals surface area contributed by atoms with Crippen molar-refractivity contribution < 1.29 is 0 Å². The van der Waals surface area contributed by atoms with E-state index in [1.165, 1.54) is 0 Å². The molecule has 0 spiro atoms. The van der Waals surface area contributed by atoms with Crippen molar-refractivity contribution in [2.45, 2.75) is 32.9 Å². The molecule has 0 radical (unpaired) electrons. The van der Waals surface area contributed by atoms with E-state index in [0.717, 1.165) is 54.8 Å². The maximum atomic E-state index is 10.1. The van der Waals surface area contributed by atoms with E-state index in [4.69, 9.17) is 16.6 Å². The summed E-state index contributed by atoms with van der Waals surface area (Å²) >= 11 is 6.01. The van der Waals surface area contributed by atoms with E-state index in [1.807, 2.05) is 42.5 Å². The normalized spacial score (nSPS) is 16.1. The van der Waals surface area contributed by atoms with Crippen LogP contribution in [0.25, 0.3) is 10.9 Å². The second-order valence-electron chi connectivity index (χ2n) is 7.90. The van der Waals surface area contributed by atoms with Gasteiger partial charge in [-0.05, 0) is 43.3 Å². The van der Waals surface area contributed by atoms with Crippen LogP contribution in [0.15, 0.2) is 48.5 Å². The van der Waals surface area contributed by atoms with Gasteiger partial charge in [-0.25, -0.2) is 4.98 Å². The van der Waals surface area contributed by atoms with Crippen molar-refractivity contribution in [2.75, 3.05) is 36.4 Å². The lowest BCUT2D eigenvalue weighted by atomic mass is 10.1. The molecule has 5 nitrogen and oxygen atoms in total. The van der Waals surface area contributed by atoms with E-state index in [9.17, 15) is 5.26 Å². The van der Waals surface area contributed by atoms with Gasteiger partial charge in [0.05, 0.1) is 11.2 Å². The summed E-state index contributed by atoms with van der Waals surface area (Å²) in [6.45, 7) is 8.98. The van der Waals surface area contributed by atoms with Gasteiger partial charge in [-0.1, -0.05) is 55.8 Å². The molecule has 3 aromatic rings. The summed E-state index contributed by atoms with van der Waals surface area (Å²) in [7, 11) is 0. The van der Waals surface area contributed by atoms with E-state index in [1.54, 1.807) is 0 Å². The Hall–Kier alpha value is -2.81. The topological polar surface area (TPSA) is 55.2 Å². The van der Waals surface area contributed by atoms with E-state index >= 15 is 0 Å². The third-order valence-corrected chi connectivity index (χ3v) is 6.41. The highest BCUT2D eigenvalue weighted by molar-refractivity contribution is 6.30. The van der Waals surface area contributed by atoms with Gasteiger partial charge in [0.2, 0.25) is 0 Å². The van der Waals surface area contributed by atoms with E-state index < -0.39 is 0 Å². The van der Waals surface area contributed by atoms with Gasteiger partial charge in [-0.15, -0.1) is 0 Å². The zero-order chi connectivity index (χ0) is 21.8. The number of likely N-dealkylation sites (N-methyl/N-ethyl adjacent to an activating group) is 1. The highest BCUT2D eigenvalue weighted by Crippen LogP contribution is 2.36. The fourth-order valence-corrected chi connectivity index (χ4v) is 4.65. The second kappa shape index (κ2) is 9.55. The number of halogens is 1. The van der Waals surface area contributed by atoms with Gasteiger partial charge in [0.15, 0.2) is 0 Å². The Balaban J connectivity index is 1.70. The van der Waals surface area contributed by atoms with Crippen molar-refractivity contribution in [1.82, 2.24) is 9.88 Å². The molecular formula is C25H28ClN5. The highest BCUT2D eigenvalue weighted by Gasteiger charge is 2.30. The lowest BCUT2D eigenvalue weighted by Gasteiger charge is -2.28. The molecule has 1 fully saturated rings. The number of nitriles is 1. The molecule has 1 aliphatic rings. The average molecular weight is 434 g/mol. The van der Waals surface area contributed by atoms with Crippen molar-refractivity contribution in [2.24, 2.45) is 0 Å². The van der Waals surface area contributed by atoms with Crippen LogP contribution in [0.4, 0.5) is 11.5 Å². The lowest BCUT2D eigenvalue weighted by molar-refractivity contribution is 0.232. The quantitative estimate of drug-likeness (QED) is 0.548. The van der Waals surface area contributed by atoms with Crippen molar-refractivity contribution in [3.8, 4) is 6.07 Å². The van der Waals surface area contributed by atoms with Crippen LogP contribution in [0.2, 0.25) is 5.02 Å². The largest absolute Gasteiger partial charge is 0.368 e. The van der Waals surface area contributed by atoms with Crippen LogP contribution >= 0.6 is 11.6 Å². The molecule has 1 saturated heterocycles. The van der Waals surface area contributed by atoms with Crippen molar-refractivity contribution in [3.63, 3.8) is 0 Å². The van der Waals surface area contributed by atoms with Gasteiger partial charge in [0.25, 0.3) is 0 Å². The molecule has 2 aromatic carbocycles. The number of hydrogen-bond donors (Lipinski definition) is 1. The molecule has 6 heteroatoms. The number of nitrogens with one attached hydrogen (secondary N) is 1. The Morgan fingerprint density at radius 1 is 1.16 bits per heavy atom. The Morgan fingerprint density at radius 3 is 2.61 bits per heavy atom. The predicted octanol–water partition coefficient (Wildman–Crippen LogP) is 5.29. The maximum absolute atomic E-state index is 10.1. The van der Waals surface area contributed by atoms with Gasteiger partial charge in [-0.2, -0.15) is 5.26 Å². The summed E-state index contributed by atoms with van der Waals surface area (Å²) in [6, 6.07) is 18.8. The lowest BCUT2D eigenvalue weighted by Crippen LogP contribution is -2.37. The van der Waals surface area contributed by atoms with Crippen LogP contribution in [-0.2, 0) is 6.54 Å². The molecular weight excluding hydrogens is 406 g/mol. The van der Waals surface area contributed by atoms with Crippen molar-refractivity contribution in [1.29, 1.82) is 5.26 Å². The molecule has 0 bridgehead atoms. The Bertz CT molecular complexity index is 1090. The molecule has 0 aliphatic carbocycles. The molecule has 2 heterocycles. The molecule has 0 saturated carbocycles. The molecule has 1 unspecified atom stereocenters. The molecule has 160 valence electrons. The summed E-state index contributed by atoms with van der Waals surface area (Å²) in [4.78, 5) is 9.68. The van der Waals surface area contributed by atoms with Crippen LogP contribution in [0.3, 0.4) is 0 Å². The Morgan fingerprint density at radius 2 is 1.90 bits per heavy atom. The van der Waals surface area contributed by atoms with Gasteiger partial charge in [-0.3, -0.25) is 4.90 Å². The van der Waals surface area contributed by atoms with Gasteiger partial charge < -0.3 is 10.2 Å². The number of pyridine rings is 1. The minimum Gasteiger partial charge on any atom is -0.368 e. The van der Waals surface area contributed by atoms with Crippen LogP contribution in [0.5, 0.6) is 0 Å². The van der Waals surface area contributed by atoms with Gasteiger partial charge >= 0.3 is 0 Å². The van der Waals surface area contributed by atoms with Crippen LogP contribution in [-0.4, -0.2) is 42.1 Å². The molecule has 4 rings (SSSR count). The number of aromatic nitrogens is 1. The monoisotopic (exact) mass is 433 g/mol. The van der Waals surface area contributed by atoms with Gasteiger partial charge in [0.1, 0.15) is 17.5 Å². The standard InChI is InChI=1S/C25H28ClN5/c1-3-30(4-2)20-13-14-31(17-20)24-21-7-5-6-8-23(21)29-25(22(24)15-27)28-16-18-9-11-19(26)12-10-18/h5-12,20H,3-4,13-14,16-17H2,1-2H3,(H,28,29). The number of benzene rings is 2. The third-order valence-electron chi connectivity index (χ3n) is 6.16. The summed E-state index contributed by atoms with van der Waals surface area (Å²) in [5.74, 6) is 0.637. The van der Waals surface area contributed by atoms with E-state index in [2.05, 4.69) is 41.1 Å². The number of anilines is 2. The third kappa shape index (κ3) is 4.46. The van der Waals surface area contributed by atoms with E-state index in [0.29, 0.717) is 29.0 Å². The van der Waals surface area contributed by atoms with Crippen LogP contribution < -0.4 is 10.2 Å². The first-order valence-electron chi connectivity index (χ1n) is 10.9. The number of rotatable bonds is 7. The molecule has 31 heavy (non-hydrogen) atoms. The van der Waals surface area contributed by atoms with Crippen LogP contribution in [0.1, 0.15) is 31.4 Å². The first kappa shape index (κ1) is 21.4. The smallest absolute Gasteiger partial charge is 0.147 e. The maximum Gasteiger partial charge on any atom is 0.147 e. The minimum absolute atomic E-state index is 0.513. The van der Waals surface area contributed by atoms with E-state index in [-0.39, 0.29) is 0 Å². The zero-order valence-electron chi connectivity index (χ0n) is 18.1. The molecule has 1 aliphatic heterocycles. The number of para-hydroxylation sites is 1. The molecule has 1 atom stereocenters. The Kier molecular flexibility index (Phi) is 6.60. The first-order chi connectivity index (χ1) is 15.1. The second-order valence-corrected chi connectivity index (χ2v) is 8.34. The highest BCUT2D eigenvalue weighted by atomic mass is 35.5. The summed E-state index contributed by atoms with van der Waals surface area (Å²) in [6.07, 6.45) is 1.11. The Labute approximate surface area is 189 Å². The fourth-order valence-electron chi connectivity index (χ4n) is 4.53. The predicted molar refractivity (Wildman–Crippen MR) is 129 cm³/mol. The van der Waals surface area contributed by atoms with Gasteiger partial charge in [0, 0.05) is 36.1 Å². The molecule has 1 N–H and O–H groups in total. The number of nitrogens with zero attached hydrogens (tertiary/aromatic N) is 4. The minimum atomic E-state index is 0.513. The van der Waals surface area contributed by atoms with Crippen molar-refractivity contribution in [3.05, 3.63) is 64.7 Å². The molecule has 1 aromatic heterocycles. The number of fused-ring (bicyclic) bond motifs is 1. The first-order valence-corrected chi connectivity index (χ1v) is 11.3. The van der Waals surface area contributed by atoms with Crippen LogP contribution in [0, 0.1) is 11.3 Å². The summed E-state index contributed by atoms with van der Waals surface area (Å²) < 4.78 is 0. The number of hydrogen-bond acceptors (Lipinski definition) is 5. The zero-order valence-corrected chi connectivity index (χ0v) is 18.9. The summed E-state index contributed by atoms with van der Waals surface area (Å²) in [5.41, 5.74) is 3.61. The summed E-state index contributed by atoms with van der Waals surface area (Å²) in [5, 5.41) is 15.3. The van der Waals surface area contributed by atoms with Crippen molar-refractivity contribution >= 4 is 34.0 Å². The molecule has 0 amide bonds.